The summed E-state index contributed by atoms with van der Waals surface area (Å²) in [5, 5.41) is 0.690. The van der Waals surface area contributed by atoms with Gasteiger partial charge in [-0.15, -0.1) is 0 Å². The molecule has 1 N–H and O–H groups in total. The van der Waals surface area contributed by atoms with Crippen LogP contribution in [-0.2, 0) is 0 Å². The highest BCUT2D eigenvalue weighted by molar-refractivity contribution is 5.32. The zero-order valence-corrected chi connectivity index (χ0v) is 8.26. The Bertz CT molecular complexity index is 409. The first-order valence-electron chi connectivity index (χ1n) is 4.26. The Labute approximate surface area is 77.1 Å². The first-order chi connectivity index (χ1) is 6.27. The largest absolute Gasteiger partial charge is 0.417 e. The SMILES string of the molecule is C=C/C=c1/oc(=O)[nH]/c1=C/C.CC. The second-order valence-corrected chi connectivity index (χ2v) is 1.98. The van der Waals surface area contributed by atoms with E-state index in [0.29, 0.717) is 10.8 Å². The maximum atomic E-state index is 10.6. The average molecular weight is 181 g/mol. The van der Waals surface area contributed by atoms with Gasteiger partial charge in [-0.25, -0.2) is 4.79 Å². The molecular formula is C10H15NO2. The van der Waals surface area contributed by atoms with Gasteiger partial charge in [-0.05, 0) is 13.0 Å². The van der Waals surface area contributed by atoms with Crippen LogP contribution in [0.25, 0.3) is 12.2 Å². The highest BCUT2D eigenvalue weighted by atomic mass is 16.4. The summed E-state index contributed by atoms with van der Waals surface area (Å²) in [5.74, 6) is -0.439. The number of aromatic nitrogens is 1. The molecule has 0 spiro atoms. The number of H-pyrrole nitrogens is 1. The van der Waals surface area contributed by atoms with Crippen LogP contribution < -0.4 is 16.5 Å². The number of aromatic amines is 1. The van der Waals surface area contributed by atoms with Crippen LogP contribution in [0.15, 0.2) is 21.9 Å². The topological polar surface area (TPSA) is 46.0 Å². The normalized spacial score (nSPS) is 12.2. The van der Waals surface area contributed by atoms with E-state index in [9.17, 15) is 4.79 Å². The molecule has 1 aromatic heterocycles. The molecule has 13 heavy (non-hydrogen) atoms. The van der Waals surface area contributed by atoms with Crippen molar-refractivity contribution >= 4 is 12.2 Å². The van der Waals surface area contributed by atoms with Crippen LogP contribution in [0.4, 0.5) is 0 Å². The molecule has 0 aliphatic carbocycles. The summed E-state index contributed by atoms with van der Waals surface area (Å²) < 4.78 is 4.78. The molecule has 0 saturated heterocycles. The minimum Gasteiger partial charge on any atom is -0.408 e. The molecule has 0 saturated carbocycles. The van der Waals surface area contributed by atoms with Gasteiger partial charge >= 0.3 is 5.76 Å². The predicted octanol–water partition coefficient (Wildman–Crippen LogP) is 0.761. The van der Waals surface area contributed by atoms with E-state index in [2.05, 4.69) is 11.6 Å². The van der Waals surface area contributed by atoms with Crippen LogP contribution in [0, 0.1) is 0 Å². The highest BCUT2D eigenvalue weighted by Gasteiger charge is 1.89. The number of hydrogen-bond donors (Lipinski definition) is 1. The fourth-order valence-corrected chi connectivity index (χ4v) is 0.797. The summed E-state index contributed by atoms with van der Waals surface area (Å²) in [5.41, 5.74) is 0.521. The molecule has 0 aliphatic heterocycles. The van der Waals surface area contributed by atoms with Crippen molar-refractivity contribution in [2.75, 3.05) is 0 Å². The van der Waals surface area contributed by atoms with Crippen molar-refractivity contribution in [2.45, 2.75) is 20.8 Å². The standard InChI is InChI=1S/C8H9NO2.C2H6/c1-3-5-7-6(4-2)9-8(10)11-7;1-2/h3-5H,1H2,2H3,(H,9,10);1-2H3/b6-4+,7-5+;. The molecule has 1 aromatic rings. The van der Waals surface area contributed by atoms with Crippen LogP contribution in [0.2, 0.25) is 0 Å². The Morgan fingerprint density at radius 2 is 2.08 bits per heavy atom. The summed E-state index contributed by atoms with van der Waals surface area (Å²) >= 11 is 0. The van der Waals surface area contributed by atoms with E-state index in [1.807, 2.05) is 20.8 Å². The smallest absolute Gasteiger partial charge is 0.408 e. The monoisotopic (exact) mass is 181 g/mol. The van der Waals surface area contributed by atoms with Gasteiger partial charge in [0.2, 0.25) is 0 Å². The van der Waals surface area contributed by atoms with Crippen LogP contribution >= 0.6 is 0 Å². The lowest BCUT2D eigenvalue weighted by atomic mass is 10.4. The van der Waals surface area contributed by atoms with Gasteiger partial charge in [0.25, 0.3) is 0 Å². The maximum absolute atomic E-state index is 10.6. The number of rotatable bonds is 1. The second kappa shape index (κ2) is 6.06. The van der Waals surface area contributed by atoms with E-state index >= 15 is 0 Å². The zero-order chi connectivity index (χ0) is 10.3. The molecule has 0 amide bonds. The van der Waals surface area contributed by atoms with Gasteiger partial charge in [0.1, 0.15) is 0 Å². The molecule has 0 radical (unpaired) electrons. The molecule has 1 rings (SSSR count). The summed E-state index contributed by atoms with van der Waals surface area (Å²) in [6, 6.07) is 0. The van der Waals surface area contributed by atoms with Crippen molar-refractivity contribution in [2.24, 2.45) is 0 Å². The molecule has 72 valence electrons. The van der Waals surface area contributed by atoms with E-state index in [-0.39, 0.29) is 0 Å². The van der Waals surface area contributed by atoms with Gasteiger partial charge in [-0.3, -0.25) is 4.98 Å². The third-order valence-corrected chi connectivity index (χ3v) is 1.26. The average Bonchev–Trinajstić information content (AvgIpc) is 2.50. The van der Waals surface area contributed by atoms with Crippen molar-refractivity contribution < 1.29 is 4.42 Å². The highest BCUT2D eigenvalue weighted by Crippen LogP contribution is 1.62. The summed E-state index contributed by atoms with van der Waals surface area (Å²) in [6.07, 6.45) is 4.96. The molecule has 0 atom stereocenters. The van der Waals surface area contributed by atoms with E-state index < -0.39 is 5.76 Å². The predicted molar refractivity (Wildman–Crippen MR) is 54.7 cm³/mol. The first kappa shape index (κ1) is 11.5. The molecule has 0 unspecified atom stereocenters. The fraction of sp³-hybridized carbons (Fsp3) is 0.300. The molecule has 0 bridgehead atoms. The van der Waals surface area contributed by atoms with Gasteiger partial charge in [-0.2, -0.15) is 0 Å². The van der Waals surface area contributed by atoms with Crippen LogP contribution in [0.3, 0.4) is 0 Å². The van der Waals surface area contributed by atoms with Crippen molar-refractivity contribution in [1.82, 2.24) is 4.98 Å². The Kier molecular flexibility index (Phi) is 5.35. The minimum atomic E-state index is -0.439. The van der Waals surface area contributed by atoms with Gasteiger partial charge in [-0.1, -0.05) is 32.6 Å². The van der Waals surface area contributed by atoms with Crippen molar-refractivity contribution in [3.8, 4) is 0 Å². The molecular weight excluding hydrogens is 166 g/mol. The Hall–Kier alpha value is -1.51. The zero-order valence-electron chi connectivity index (χ0n) is 8.26. The summed E-state index contributed by atoms with van der Waals surface area (Å²) in [4.78, 5) is 13.2. The van der Waals surface area contributed by atoms with Gasteiger partial charge < -0.3 is 4.42 Å². The number of oxazole rings is 1. The number of hydrogen-bond acceptors (Lipinski definition) is 2. The van der Waals surface area contributed by atoms with Gasteiger partial charge in [0.05, 0.1) is 5.35 Å². The molecule has 3 heteroatoms. The first-order valence-corrected chi connectivity index (χ1v) is 4.26. The van der Waals surface area contributed by atoms with Gasteiger partial charge in [0.15, 0.2) is 5.42 Å². The Balaban J connectivity index is 0.000000671. The third-order valence-electron chi connectivity index (χ3n) is 1.26. The number of nitrogens with one attached hydrogen (secondary N) is 1. The third kappa shape index (κ3) is 3.15. The second-order valence-electron chi connectivity index (χ2n) is 1.98. The molecule has 3 nitrogen and oxygen atoms in total. The molecule has 0 aromatic carbocycles. The summed E-state index contributed by atoms with van der Waals surface area (Å²) in [7, 11) is 0. The lowest BCUT2D eigenvalue weighted by molar-refractivity contribution is 0.486. The quantitative estimate of drug-likeness (QED) is 0.695. The van der Waals surface area contributed by atoms with E-state index in [4.69, 9.17) is 4.42 Å². The lowest BCUT2D eigenvalue weighted by Gasteiger charge is -1.70. The fourth-order valence-electron chi connectivity index (χ4n) is 0.797. The Morgan fingerprint density at radius 3 is 2.54 bits per heavy atom. The number of allylic oxidation sites excluding steroid dienone is 1. The summed E-state index contributed by atoms with van der Waals surface area (Å²) in [6.45, 7) is 9.32. The van der Waals surface area contributed by atoms with Crippen LogP contribution in [0.5, 0.6) is 0 Å². The van der Waals surface area contributed by atoms with Crippen LogP contribution in [0.1, 0.15) is 20.8 Å². The van der Waals surface area contributed by atoms with E-state index in [1.165, 1.54) is 0 Å². The Morgan fingerprint density at radius 1 is 1.46 bits per heavy atom. The van der Waals surface area contributed by atoms with Crippen molar-refractivity contribution in [3.05, 3.63) is 34.0 Å². The molecule has 0 aliphatic rings. The van der Waals surface area contributed by atoms with E-state index in [0.717, 1.165) is 0 Å². The van der Waals surface area contributed by atoms with E-state index in [1.54, 1.807) is 18.2 Å². The van der Waals surface area contributed by atoms with Gasteiger partial charge in [0, 0.05) is 0 Å². The van der Waals surface area contributed by atoms with Crippen molar-refractivity contribution in [1.29, 1.82) is 0 Å². The molecule has 1 heterocycles. The lowest BCUT2D eigenvalue weighted by Crippen LogP contribution is -2.21. The molecule has 0 fully saturated rings. The maximum Gasteiger partial charge on any atom is 0.417 e. The van der Waals surface area contributed by atoms with Crippen LogP contribution in [-0.4, -0.2) is 4.98 Å². The van der Waals surface area contributed by atoms with Crippen molar-refractivity contribution in [3.63, 3.8) is 0 Å². The minimum absolute atomic E-state index is 0.439.